The van der Waals surface area contributed by atoms with Crippen LogP contribution >= 0.6 is 0 Å². The summed E-state index contributed by atoms with van der Waals surface area (Å²) in [7, 11) is -2.35. The summed E-state index contributed by atoms with van der Waals surface area (Å²) in [6.07, 6.45) is 0. The molecule has 0 aliphatic carbocycles. The summed E-state index contributed by atoms with van der Waals surface area (Å²) in [6.45, 7) is 11.0. The third-order valence-corrected chi connectivity index (χ3v) is 5.50. The molecule has 0 amide bonds. The van der Waals surface area contributed by atoms with Crippen molar-refractivity contribution < 1.29 is 27.2 Å². The van der Waals surface area contributed by atoms with E-state index in [4.69, 9.17) is 24.5 Å². The Bertz CT molecular complexity index is 888. The monoisotopic (exact) mass is 468 g/mol. The van der Waals surface area contributed by atoms with Gasteiger partial charge in [-0.1, -0.05) is 17.7 Å². The van der Waals surface area contributed by atoms with Crippen LogP contribution in [0.3, 0.4) is 0 Å². The van der Waals surface area contributed by atoms with E-state index in [1.807, 2.05) is 19.9 Å². The normalized spacial score (nSPS) is 11.0. The predicted molar refractivity (Wildman–Crippen MR) is 128 cm³/mol. The number of hydrogen-bond donors (Lipinski definition) is 2. The molecule has 32 heavy (non-hydrogen) atoms. The van der Waals surface area contributed by atoms with Crippen molar-refractivity contribution in [2.75, 3.05) is 63.9 Å². The van der Waals surface area contributed by atoms with E-state index in [1.165, 1.54) is 17.8 Å². The van der Waals surface area contributed by atoms with E-state index >= 15 is 0 Å². The van der Waals surface area contributed by atoms with Gasteiger partial charge in [-0.3, -0.25) is 4.55 Å². The van der Waals surface area contributed by atoms with Crippen molar-refractivity contribution in [2.45, 2.75) is 25.7 Å². The third-order valence-electron chi connectivity index (χ3n) is 4.63. The van der Waals surface area contributed by atoms with Gasteiger partial charge < -0.3 is 24.8 Å². The lowest BCUT2D eigenvalue weighted by Gasteiger charge is -2.23. The maximum absolute atomic E-state index is 10.5. The van der Waals surface area contributed by atoms with Crippen LogP contribution in [-0.4, -0.2) is 66.2 Å². The van der Waals surface area contributed by atoms with Gasteiger partial charge in [-0.2, -0.15) is 8.42 Å². The number of aryl methyl sites for hydroxylation is 2. The summed E-state index contributed by atoms with van der Waals surface area (Å²) in [5.41, 5.74) is 9.94. The van der Waals surface area contributed by atoms with Crippen molar-refractivity contribution in [3.8, 4) is 0 Å². The molecule has 0 atom stereocenters. The van der Waals surface area contributed by atoms with Gasteiger partial charge in [0.15, 0.2) is 0 Å². The minimum atomic E-state index is -4.02. The number of nitrogens with zero attached hydrogens (tertiary/aromatic N) is 1. The number of nitrogens with two attached hydrogens (primary N) is 1. The second-order valence-electron chi connectivity index (χ2n) is 7.13. The van der Waals surface area contributed by atoms with Crippen molar-refractivity contribution >= 4 is 21.5 Å². The summed E-state index contributed by atoms with van der Waals surface area (Å²) >= 11 is 0. The van der Waals surface area contributed by atoms with Gasteiger partial charge in [0.05, 0.1) is 37.9 Å². The average Bonchev–Trinajstić information content (AvgIpc) is 2.75. The number of methoxy groups -OCH3 is 1. The van der Waals surface area contributed by atoms with E-state index in [2.05, 4.69) is 24.0 Å². The molecule has 8 nitrogen and oxygen atoms in total. The highest BCUT2D eigenvalue weighted by atomic mass is 32.2. The number of hydrogen-bond acceptors (Lipinski definition) is 7. The molecule has 0 unspecified atom stereocenters. The molecule has 0 radical (unpaired) electrons. The molecule has 0 heterocycles. The SMILES string of the molecule is CCN(CCOCCOCCOC)c1ccc(N)c(C)c1.Cc1ccc(S(=O)(=O)O)cc1. The van der Waals surface area contributed by atoms with Crippen LogP contribution in [0.1, 0.15) is 18.1 Å². The van der Waals surface area contributed by atoms with Crippen LogP contribution < -0.4 is 10.6 Å². The van der Waals surface area contributed by atoms with E-state index in [9.17, 15) is 8.42 Å². The summed E-state index contributed by atoms with van der Waals surface area (Å²) in [4.78, 5) is 2.21. The molecular weight excluding hydrogens is 432 g/mol. The topological polar surface area (TPSA) is 111 Å². The van der Waals surface area contributed by atoms with Gasteiger partial charge in [-0.05, 0) is 56.7 Å². The Labute approximate surface area is 192 Å². The van der Waals surface area contributed by atoms with Crippen LogP contribution in [0.4, 0.5) is 11.4 Å². The third kappa shape index (κ3) is 10.9. The first-order valence-corrected chi connectivity index (χ1v) is 11.9. The van der Waals surface area contributed by atoms with Gasteiger partial charge in [0.25, 0.3) is 10.1 Å². The Hall–Kier alpha value is -2.17. The lowest BCUT2D eigenvalue weighted by atomic mass is 10.1. The number of benzene rings is 2. The quantitative estimate of drug-likeness (QED) is 0.277. The lowest BCUT2D eigenvalue weighted by Crippen LogP contribution is -2.27. The lowest BCUT2D eigenvalue weighted by molar-refractivity contribution is 0.0265. The predicted octanol–water partition coefficient (Wildman–Crippen LogP) is 3.32. The van der Waals surface area contributed by atoms with Gasteiger partial charge in [-0.25, -0.2) is 0 Å². The molecule has 0 aliphatic rings. The molecule has 0 fully saturated rings. The first-order chi connectivity index (χ1) is 15.2. The zero-order chi connectivity index (χ0) is 24.0. The highest BCUT2D eigenvalue weighted by Gasteiger charge is 2.07. The molecule has 0 saturated heterocycles. The van der Waals surface area contributed by atoms with Gasteiger partial charge >= 0.3 is 0 Å². The number of nitrogen functional groups attached to an aromatic ring is 1. The highest BCUT2D eigenvalue weighted by Crippen LogP contribution is 2.20. The van der Waals surface area contributed by atoms with Crippen LogP contribution in [0.15, 0.2) is 47.4 Å². The fraction of sp³-hybridized carbons (Fsp3) is 0.478. The Balaban J connectivity index is 0.000000389. The Morgan fingerprint density at radius 1 is 0.938 bits per heavy atom. The van der Waals surface area contributed by atoms with E-state index in [-0.39, 0.29) is 4.90 Å². The largest absolute Gasteiger partial charge is 0.399 e. The van der Waals surface area contributed by atoms with E-state index in [1.54, 1.807) is 19.2 Å². The fourth-order valence-electron chi connectivity index (χ4n) is 2.68. The van der Waals surface area contributed by atoms with Crippen molar-refractivity contribution in [1.29, 1.82) is 0 Å². The van der Waals surface area contributed by atoms with Gasteiger partial charge in [0.2, 0.25) is 0 Å². The van der Waals surface area contributed by atoms with Gasteiger partial charge in [0, 0.05) is 31.6 Å². The average molecular weight is 469 g/mol. The fourth-order valence-corrected chi connectivity index (χ4v) is 3.16. The van der Waals surface area contributed by atoms with Crippen LogP contribution in [-0.2, 0) is 24.3 Å². The zero-order valence-corrected chi connectivity index (χ0v) is 20.2. The van der Waals surface area contributed by atoms with Crippen LogP contribution in [0, 0.1) is 13.8 Å². The smallest absolute Gasteiger partial charge is 0.294 e. The summed E-state index contributed by atoms with van der Waals surface area (Å²) in [6, 6.07) is 12.1. The standard InChI is InChI=1S/C16H28N2O3.C7H8O3S/c1-4-18(15-5-6-16(17)14(2)13-15)7-8-20-11-12-21-10-9-19-3;1-6-2-4-7(5-3-6)11(8,9)10/h5-6,13H,4,7-12,17H2,1-3H3;2-5H,1H3,(H,8,9,10). The van der Waals surface area contributed by atoms with Crippen molar-refractivity contribution in [1.82, 2.24) is 0 Å². The Kier molecular flexibility index (Phi) is 12.9. The molecule has 180 valence electrons. The van der Waals surface area contributed by atoms with Gasteiger partial charge in [0.1, 0.15) is 0 Å². The van der Waals surface area contributed by atoms with Crippen LogP contribution in [0.5, 0.6) is 0 Å². The molecule has 9 heteroatoms. The minimum Gasteiger partial charge on any atom is -0.399 e. The number of rotatable bonds is 12. The molecule has 0 bridgehead atoms. The van der Waals surface area contributed by atoms with Crippen molar-refractivity contribution in [3.05, 3.63) is 53.6 Å². The number of anilines is 2. The van der Waals surface area contributed by atoms with Crippen molar-refractivity contribution in [2.24, 2.45) is 0 Å². The highest BCUT2D eigenvalue weighted by molar-refractivity contribution is 7.85. The molecule has 0 aliphatic heterocycles. The first kappa shape index (κ1) is 27.9. The zero-order valence-electron chi connectivity index (χ0n) is 19.4. The maximum atomic E-state index is 10.5. The molecule has 2 rings (SSSR count). The van der Waals surface area contributed by atoms with Crippen LogP contribution in [0.2, 0.25) is 0 Å². The molecule has 2 aromatic carbocycles. The van der Waals surface area contributed by atoms with E-state index in [0.717, 1.165) is 29.9 Å². The second kappa shape index (κ2) is 14.8. The Morgan fingerprint density at radius 3 is 2.06 bits per heavy atom. The van der Waals surface area contributed by atoms with E-state index < -0.39 is 10.1 Å². The maximum Gasteiger partial charge on any atom is 0.294 e. The van der Waals surface area contributed by atoms with Gasteiger partial charge in [-0.15, -0.1) is 0 Å². The first-order valence-electron chi connectivity index (χ1n) is 10.5. The summed E-state index contributed by atoms with van der Waals surface area (Å²) in [5, 5.41) is 0. The summed E-state index contributed by atoms with van der Waals surface area (Å²) < 4.78 is 45.4. The van der Waals surface area contributed by atoms with Crippen molar-refractivity contribution in [3.63, 3.8) is 0 Å². The molecule has 0 spiro atoms. The summed E-state index contributed by atoms with van der Waals surface area (Å²) in [5.74, 6) is 0. The minimum absolute atomic E-state index is 0.0666. The molecule has 3 N–H and O–H groups in total. The molecular formula is C23H36N2O6S. The van der Waals surface area contributed by atoms with E-state index in [0.29, 0.717) is 33.0 Å². The van der Waals surface area contributed by atoms with Crippen LogP contribution in [0.25, 0.3) is 0 Å². The number of likely N-dealkylation sites (N-methyl/N-ethyl adjacent to an activating group) is 1. The molecule has 0 saturated carbocycles. The number of ether oxygens (including phenoxy) is 3. The second-order valence-corrected chi connectivity index (χ2v) is 8.55. The molecule has 2 aromatic rings. The Morgan fingerprint density at radius 2 is 1.53 bits per heavy atom. The molecule has 0 aromatic heterocycles.